The van der Waals surface area contributed by atoms with Crippen LogP contribution < -0.4 is 5.32 Å². The number of hydrogen-bond donors (Lipinski definition) is 2. The predicted molar refractivity (Wildman–Crippen MR) is 182 cm³/mol. The Hall–Kier alpha value is -3.02. The number of esters is 1. The van der Waals surface area contributed by atoms with Gasteiger partial charge in [-0.15, -0.1) is 13.2 Å². The number of aliphatic hydroxyl groups excluding tert-OH is 1. The van der Waals surface area contributed by atoms with E-state index in [1.165, 1.54) is 0 Å². The van der Waals surface area contributed by atoms with Crippen molar-refractivity contribution in [3.63, 3.8) is 0 Å². The molecule has 3 amide bonds. The Morgan fingerprint density at radius 1 is 1.19 bits per heavy atom. The smallest absolute Gasteiger partial charge is 0.313 e. The molecule has 3 saturated heterocycles. The highest BCUT2D eigenvalue weighted by atomic mass is 79.9. The number of alkyl halides is 1. The van der Waals surface area contributed by atoms with E-state index in [-0.39, 0.29) is 42.1 Å². The van der Waals surface area contributed by atoms with Gasteiger partial charge in [-0.2, -0.15) is 0 Å². The molecule has 2 N–H and O–H groups in total. The summed E-state index contributed by atoms with van der Waals surface area (Å²) in [6.07, 6.45) is 6.79. The van der Waals surface area contributed by atoms with E-state index in [4.69, 9.17) is 9.47 Å². The number of ether oxygens (including phenoxy) is 2. The minimum Gasteiger partial charge on any atom is -0.455 e. The summed E-state index contributed by atoms with van der Waals surface area (Å²) in [5, 5.41) is 12.4. The van der Waals surface area contributed by atoms with Crippen LogP contribution in [0.25, 0.3) is 0 Å². The number of fused-ring (bicyclic) bond motifs is 1. The molecule has 47 heavy (non-hydrogen) atoms. The van der Waals surface area contributed by atoms with Crippen LogP contribution in [-0.4, -0.2) is 93.5 Å². The van der Waals surface area contributed by atoms with Gasteiger partial charge in [-0.3, -0.25) is 19.2 Å². The molecule has 3 aliphatic rings. The lowest BCUT2D eigenvalue weighted by Gasteiger charge is -2.37. The van der Waals surface area contributed by atoms with Crippen molar-refractivity contribution in [1.29, 1.82) is 0 Å². The zero-order valence-corrected chi connectivity index (χ0v) is 29.2. The molecule has 2 bridgehead atoms. The number of nitrogens with zero attached hydrogens (tertiary/aromatic N) is 2. The average molecular weight is 717 g/mol. The molecule has 258 valence electrons. The van der Waals surface area contributed by atoms with Crippen molar-refractivity contribution >= 4 is 39.6 Å². The summed E-state index contributed by atoms with van der Waals surface area (Å²) in [7, 11) is 0. The Bertz CT molecular complexity index is 1280. The van der Waals surface area contributed by atoms with Crippen LogP contribution >= 0.6 is 15.9 Å². The largest absolute Gasteiger partial charge is 0.455 e. The van der Waals surface area contributed by atoms with Crippen molar-refractivity contribution in [3.8, 4) is 0 Å². The quantitative estimate of drug-likeness (QED) is 0.0938. The maximum absolute atomic E-state index is 14.4. The Kier molecular flexibility index (Phi) is 13.2. The molecular weight excluding hydrogens is 666 g/mol. The minimum absolute atomic E-state index is 0.0327. The standard InChI is InChI=1S/C36H50BrN3O7/c1-5-8-13-20-39(19-7-3)34(44)32-36-23-26(37)31(47-36)28(29(36)33(43)40(32)21-14-15-22-41)35(45)46-30(25-16-11-10-12-17-25)24(4)38-27(42)18-9-6-2/h6-7,10-12,16-17,24,26,28-32,41H,2-3,5,8-9,13-15,18-23H2,1,4H3,(H,38,42)/t24-,26?,28-,29+,30-,31-,32-,36+/m1/s1. The number of benzene rings is 1. The molecule has 0 aromatic heterocycles. The maximum atomic E-state index is 14.4. The zero-order valence-electron chi connectivity index (χ0n) is 27.7. The fourth-order valence-corrected chi connectivity index (χ4v) is 8.37. The van der Waals surface area contributed by atoms with Crippen LogP contribution in [0.3, 0.4) is 0 Å². The third-order valence-corrected chi connectivity index (χ3v) is 10.4. The van der Waals surface area contributed by atoms with E-state index < -0.39 is 47.7 Å². The van der Waals surface area contributed by atoms with Crippen LogP contribution in [-0.2, 0) is 28.7 Å². The van der Waals surface area contributed by atoms with Gasteiger partial charge in [0.15, 0.2) is 0 Å². The third-order valence-electron chi connectivity index (χ3n) is 9.58. The van der Waals surface area contributed by atoms with Crippen molar-refractivity contribution in [1.82, 2.24) is 15.1 Å². The number of amides is 3. The number of carbonyl (C=O) groups is 4. The maximum Gasteiger partial charge on any atom is 0.313 e. The Balaban J connectivity index is 1.67. The van der Waals surface area contributed by atoms with Gasteiger partial charge in [0.25, 0.3) is 0 Å². The van der Waals surface area contributed by atoms with E-state index in [1.807, 2.05) is 30.3 Å². The molecule has 8 atom stereocenters. The van der Waals surface area contributed by atoms with E-state index in [0.29, 0.717) is 44.3 Å². The third kappa shape index (κ3) is 7.84. The summed E-state index contributed by atoms with van der Waals surface area (Å²) in [5.41, 5.74) is -0.512. The summed E-state index contributed by atoms with van der Waals surface area (Å²) in [5.74, 6) is -3.18. The van der Waals surface area contributed by atoms with Crippen molar-refractivity contribution < 1.29 is 33.8 Å². The summed E-state index contributed by atoms with van der Waals surface area (Å²) < 4.78 is 12.9. The second-order valence-electron chi connectivity index (χ2n) is 12.9. The van der Waals surface area contributed by atoms with Gasteiger partial charge in [-0.25, -0.2) is 0 Å². The first-order valence-electron chi connectivity index (χ1n) is 16.9. The molecule has 3 fully saturated rings. The van der Waals surface area contributed by atoms with Crippen LogP contribution in [0.15, 0.2) is 55.6 Å². The number of hydrogen-bond acceptors (Lipinski definition) is 7. The zero-order chi connectivity index (χ0) is 34.1. The molecule has 3 aliphatic heterocycles. The number of rotatable bonds is 19. The minimum atomic E-state index is -1.22. The molecule has 1 unspecified atom stereocenters. The van der Waals surface area contributed by atoms with Crippen LogP contribution in [0.1, 0.15) is 76.9 Å². The van der Waals surface area contributed by atoms with Gasteiger partial charge in [-0.05, 0) is 44.6 Å². The van der Waals surface area contributed by atoms with Gasteiger partial charge < -0.3 is 29.7 Å². The summed E-state index contributed by atoms with van der Waals surface area (Å²) in [6, 6.07) is 7.72. The number of carbonyl (C=O) groups excluding carboxylic acids is 4. The van der Waals surface area contributed by atoms with Crippen LogP contribution in [0.4, 0.5) is 0 Å². The highest BCUT2D eigenvalue weighted by Gasteiger charge is 2.77. The molecule has 3 heterocycles. The van der Waals surface area contributed by atoms with Gasteiger partial charge in [-0.1, -0.05) is 78.2 Å². The first kappa shape index (κ1) is 36.8. The Morgan fingerprint density at radius 3 is 2.60 bits per heavy atom. The fraction of sp³-hybridized carbons (Fsp3) is 0.611. The number of likely N-dealkylation sites (tertiary alicyclic amines) is 1. The molecule has 4 rings (SSSR count). The van der Waals surface area contributed by atoms with Crippen LogP contribution in [0.5, 0.6) is 0 Å². The lowest BCUT2D eigenvalue weighted by molar-refractivity contribution is -0.162. The van der Waals surface area contributed by atoms with Crippen LogP contribution in [0.2, 0.25) is 0 Å². The van der Waals surface area contributed by atoms with Gasteiger partial charge >= 0.3 is 5.97 Å². The topological polar surface area (TPSA) is 125 Å². The van der Waals surface area contributed by atoms with Gasteiger partial charge in [0.1, 0.15) is 17.7 Å². The fourth-order valence-electron chi connectivity index (χ4n) is 7.43. The normalized spacial score (nSPS) is 27.2. The van der Waals surface area contributed by atoms with Crippen LogP contribution in [0, 0.1) is 11.8 Å². The molecule has 1 aromatic carbocycles. The first-order valence-corrected chi connectivity index (χ1v) is 17.8. The molecular formula is C36H50BrN3O7. The Labute approximate surface area is 287 Å². The monoisotopic (exact) mass is 715 g/mol. The van der Waals surface area contributed by atoms with Crippen molar-refractivity contribution in [2.45, 2.75) is 99.9 Å². The molecule has 0 saturated carbocycles. The van der Waals surface area contributed by atoms with Gasteiger partial charge in [0.2, 0.25) is 17.7 Å². The van der Waals surface area contributed by atoms with Crippen molar-refractivity contribution in [2.75, 3.05) is 26.2 Å². The first-order chi connectivity index (χ1) is 22.6. The highest BCUT2D eigenvalue weighted by molar-refractivity contribution is 9.09. The molecule has 10 nitrogen and oxygen atoms in total. The highest BCUT2D eigenvalue weighted by Crippen LogP contribution is 2.60. The summed E-state index contributed by atoms with van der Waals surface area (Å²) in [6.45, 7) is 12.5. The molecule has 1 aromatic rings. The predicted octanol–water partition coefficient (Wildman–Crippen LogP) is 4.47. The van der Waals surface area contributed by atoms with E-state index in [1.54, 1.807) is 28.9 Å². The summed E-state index contributed by atoms with van der Waals surface area (Å²) in [4.78, 5) is 58.8. The number of nitrogens with one attached hydrogen (secondary N) is 1. The SMILES string of the molecule is C=CCCC(=O)N[C@H](C)[C@@H](OC(=O)[C@H]1[C@@H]2O[C@@]3(CC2Br)[C@@H]1C(=O)N(CCCCO)[C@@H]3C(=O)N(CC=C)CCCCC)c1ccccc1. The second kappa shape index (κ2) is 16.9. The molecule has 11 heteroatoms. The lowest BCUT2D eigenvalue weighted by Crippen LogP contribution is -2.57. The molecule has 0 aliphatic carbocycles. The number of halogens is 1. The Morgan fingerprint density at radius 2 is 1.94 bits per heavy atom. The summed E-state index contributed by atoms with van der Waals surface area (Å²) >= 11 is 3.73. The van der Waals surface area contributed by atoms with Gasteiger partial charge in [0.05, 0.1) is 24.0 Å². The van der Waals surface area contributed by atoms with Crippen molar-refractivity contribution in [2.24, 2.45) is 11.8 Å². The lowest BCUT2D eigenvalue weighted by atomic mass is 9.70. The second-order valence-corrected chi connectivity index (χ2v) is 14.0. The van der Waals surface area contributed by atoms with Crippen molar-refractivity contribution in [3.05, 3.63) is 61.2 Å². The molecule has 0 radical (unpaired) electrons. The van der Waals surface area contributed by atoms with E-state index >= 15 is 0 Å². The number of unbranched alkanes of at least 4 members (excludes halogenated alkanes) is 3. The van der Waals surface area contributed by atoms with E-state index in [9.17, 15) is 24.3 Å². The van der Waals surface area contributed by atoms with E-state index in [0.717, 1.165) is 19.3 Å². The molecule has 1 spiro atoms. The van der Waals surface area contributed by atoms with E-state index in [2.05, 4.69) is 41.3 Å². The number of aliphatic hydroxyl groups is 1. The number of allylic oxidation sites excluding steroid dienone is 1. The van der Waals surface area contributed by atoms with Gasteiger partial charge in [0, 0.05) is 37.5 Å². The average Bonchev–Trinajstić information content (AvgIpc) is 3.65.